The first kappa shape index (κ1) is 18.3. The number of aliphatic hydroxyl groups excluding tert-OH is 1. The highest BCUT2D eigenvalue weighted by Gasteiger charge is 2.35. The van der Waals surface area contributed by atoms with Gasteiger partial charge in [0, 0.05) is 29.9 Å². The van der Waals surface area contributed by atoms with Gasteiger partial charge in [-0.15, -0.1) is 0 Å². The van der Waals surface area contributed by atoms with E-state index in [1.165, 1.54) is 24.3 Å². The second-order valence-corrected chi connectivity index (χ2v) is 7.23. The van der Waals surface area contributed by atoms with Crippen molar-refractivity contribution in [2.45, 2.75) is 31.4 Å². The van der Waals surface area contributed by atoms with Gasteiger partial charge in [-0.3, -0.25) is 14.6 Å². The summed E-state index contributed by atoms with van der Waals surface area (Å²) in [4.78, 5) is 31.8. The van der Waals surface area contributed by atoms with E-state index in [9.17, 15) is 19.1 Å². The van der Waals surface area contributed by atoms with Crippen LogP contribution in [0.25, 0.3) is 10.9 Å². The number of aliphatic hydroxyl groups is 1. The number of fused-ring (bicyclic) bond motifs is 1. The van der Waals surface area contributed by atoms with E-state index in [1.807, 2.05) is 12.1 Å². The summed E-state index contributed by atoms with van der Waals surface area (Å²) < 4.78 is 14.1. The fourth-order valence-electron chi connectivity index (χ4n) is 3.67. The first-order valence-corrected chi connectivity index (χ1v) is 9.20. The molecule has 1 fully saturated rings. The van der Waals surface area contributed by atoms with Crippen molar-refractivity contribution in [1.29, 1.82) is 0 Å². The van der Waals surface area contributed by atoms with Gasteiger partial charge in [0.15, 0.2) is 5.43 Å². The summed E-state index contributed by atoms with van der Waals surface area (Å²) in [5, 5.41) is 12.8. The number of rotatable bonds is 5. The Labute approximate surface area is 160 Å². The lowest BCUT2D eigenvalue weighted by Crippen LogP contribution is -2.48. The molecule has 144 valence electrons. The van der Waals surface area contributed by atoms with E-state index in [0.29, 0.717) is 19.3 Å². The Morgan fingerprint density at radius 1 is 1.29 bits per heavy atom. The van der Waals surface area contributed by atoms with Crippen molar-refractivity contribution < 1.29 is 14.3 Å². The van der Waals surface area contributed by atoms with Gasteiger partial charge in [0.05, 0.1) is 11.6 Å². The Morgan fingerprint density at radius 2 is 2.04 bits per heavy atom. The van der Waals surface area contributed by atoms with Gasteiger partial charge in [-0.2, -0.15) is 0 Å². The van der Waals surface area contributed by atoms with Crippen LogP contribution in [0.1, 0.15) is 28.9 Å². The van der Waals surface area contributed by atoms with Crippen LogP contribution in [0.4, 0.5) is 4.39 Å². The first-order chi connectivity index (χ1) is 13.5. The summed E-state index contributed by atoms with van der Waals surface area (Å²) in [6, 6.07) is 8.94. The number of benzene rings is 1. The number of hydrogen-bond donors (Lipinski definition) is 3. The fraction of sp³-hybridized carbons (Fsp3) is 0.286. The van der Waals surface area contributed by atoms with E-state index < -0.39 is 17.2 Å². The van der Waals surface area contributed by atoms with Gasteiger partial charge < -0.3 is 15.4 Å². The van der Waals surface area contributed by atoms with Crippen molar-refractivity contribution in [2.75, 3.05) is 0 Å². The lowest BCUT2D eigenvalue weighted by molar-refractivity contribution is 0.0239. The minimum absolute atomic E-state index is 0.0159. The number of nitrogens with zero attached hydrogens (tertiary/aromatic N) is 1. The van der Waals surface area contributed by atoms with Gasteiger partial charge in [0.2, 0.25) is 0 Å². The number of aromatic amines is 1. The topological polar surface area (TPSA) is 95.1 Å². The predicted octanol–water partition coefficient (Wildman–Crippen LogP) is 2.17. The lowest BCUT2D eigenvalue weighted by Gasteiger charge is -2.38. The number of halogens is 1. The average molecular weight is 381 g/mol. The number of hydrogen-bond acceptors (Lipinski definition) is 4. The SMILES string of the molecule is O=C(N[C@@H](Cc1ccncc1)C1CC(O)C1)c1cc(=O)c2cccc(F)c2[nH]1. The van der Waals surface area contributed by atoms with Gasteiger partial charge >= 0.3 is 0 Å². The summed E-state index contributed by atoms with van der Waals surface area (Å²) in [6.45, 7) is 0. The second-order valence-electron chi connectivity index (χ2n) is 7.23. The van der Waals surface area contributed by atoms with Crippen molar-refractivity contribution in [1.82, 2.24) is 15.3 Å². The number of aromatic nitrogens is 2. The molecule has 1 atom stereocenters. The smallest absolute Gasteiger partial charge is 0.268 e. The van der Waals surface area contributed by atoms with Crippen LogP contribution in [0.3, 0.4) is 0 Å². The van der Waals surface area contributed by atoms with Crippen molar-refractivity contribution in [3.8, 4) is 0 Å². The maximum Gasteiger partial charge on any atom is 0.268 e. The van der Waals surface area contributed by atoms with E-state index in [4.69, 9.17) is 0 Å². The number of pyridine rings is 2. The number of H-pyrrole nitrogens is 1. The number of carbonyl (C=O) groups is 1. The molecule has 3 aromatic rings. The van der Waals surface area contributed by atoms with Crippen LogP contribution in [0.15, 0.2) is 53.6 Å². The van der Waals surface area contributed by atoms with E-state index >= 15 is 0 Å². The molecule has 4 rings (SSSR count). The largest absolute Gasteiger partial charge is 0.393 e. The van der Waals surface area contributed by atoms with E-state index in [0.717, 1.165) is 5.56 Å². The molecule has 0 aliphatic heterocycles. The standard InChI is InChI=1S/C21H20FN3O3/c22-16-3-1-2-15-19(27)11-18(24-20(15)16)21(28)25-17(13-9-14(26)10-13)8-12-4-6-23-7-5-12/h1-7,11,13-14,17,26H,8-10H2,(H,24,27)(H,25,28)/t13?,14?,17-/m0/s1. The normalized spacial score (nSPS) is 19.8. The molecule has 1 saturated carbocycles. The molecule has 0 unspecified atom stereocenters. The van der Waals surface area contributed by atoms with Gasteiger partial charge in [-0.25, -0.2) is 4.39 Å². The number of para-hydroxylation sites is 1. The van der Waals surface area contributed by atoms with E-state index in [-0.39, 0.29) is 34.7 Å². The number of amides is 1. The van der Waals surface area contributed by atoms with Crippen molar-refractivity contribution >= 4 is 16.8 Å². The van der Waals surface area contributed by atoms with Crippen LogP contribution in [0.5, 0.6) is 0 Å². The van der Waals surface area contributed by atoms with Gasteiger partial charge in [0.1, 0.15) is 11.5 Å². The molecule has 1 aliphatic carbocycles. The maximum atomic E-state index is 14.1. The molecule has 2 heterocycles. The molecule has 6 nitrogen and oxygen atoms in total. The Kier molecular flexibility index (Phi) is 4.92. The average Bonchev–Trinajstić information content (AvgIpc) is 2.66. The van der Waals surface area contributed by atoms with Gasteiger partial charge in [-0.1, -0.05) is 6.07 Å². The van der Waals surface area contributed by atoms with Crippen LogP contribution in [0.2, 0.25) is 0 Å². The summed E-state index contributed by atoms with van der Waals surface area (Å²) in [7, 11) is 0. The second kappa shape index (κ2) is 7.52. The molecule has 28 heavy (non-hydrogen) atoms. The summed E-state index contributed by atoms with van der Waals surface area (Å²) in [5.41, 5.74) is 0.634. The Morgan fingerprint density at radius 3 is 2.75 bits per heavy atom. The molecule has 0 bridgehead atoms. The molecule has 0 radical (unpaired) electrons. The third kappa shape index (κ3) is 3.66. The molecule has 0 saturated heterocycles. The Hall–Kier alpha value is -3.06. The fourth-order valence-corrected chi connectivity index (χ4v) is 3.67. The minimum atomic E-state index is -0.584. The number of nitrogens with one attached hydrogen (secondary N) is 2. The van der Waals surface area contributed by atoms with Crippen LogP contribution < -0.4 is 10.7 Å². The Bertz CT molecular complexity index is 1060. The van der Waals surface area contributed by atoms with Crippen LogP contribution >= 0.6 is 0 Å². The summed E-state index contributed by atoms with van der Waals surface area (Å²) in [6.07, 6.45) is 4.83. The predicted molar refractivity (Wildman–Crippen MR) is 102 cm³/mol. The summed E-state index contributed by atoms with van der Waals surface area (Å²) in [5.74, 6) is -0.918. The summed E-state index contributed by atoms with van der Waals surface area (Å²) >= 11 is 0. The quantitative estimate of drug-likeness (QED) is 0.631. The highest BCUT2D eigenvalue weighted by molar-refractivity contribution is 5.95. The highest BCUT2D eigenvalue weighted by atomic mass is 19.1. The molecule has 1 amide bonds. The first-order valence-electron chi connectivity index (χ1n) is 9.20. The molecule has 1 aromatic carbocycles. The van der Waals surface area contributed by atoms with Crippen LogP contribution in [-0.4, -0.2) is 33.1 Å². The highest BCUT2D eigenvalue weighted by Crippen LogP contribution is 2.31. The van der Waals surface area contributed by atoms with Gasteiger partial charge in [-0.05, 0) is 55.0 Å². The van der Waals surface area contributed by atoms with Crippen LogP contribution in [0, 0.1) is 11.7 Å². The molecule has 3 N–H and O–H groups in total. The van der Waals surface area contributed by atoms with Crippen molar-refractivity contribution in [3.63, 3.8) is 0 Å². The zero-order valence-corrected chi connectivity index (χ0v) is 15.1. The molecular formula is C21H20FN3O3. The molecule has 2 aromatic heterocycles. The minimum Gasteiger partial charge on any atom is -0.393 e. The van der Waals surface area contributed by atoms with E-state index in [1.54, 1.807) is 12.4 Å². The lowest BCUT2D eigenvalue weighted by atomic mass is 9.75. The van der Waals surface area contributed by atoms with Crippen molar-refractivity contribution in [3.05, 3.63) is 76.1 Å². The monoisotopic (exact) mass is 381 g/mol. The van der Waals surface area contributed by atoms with Crippen LogP contribution in [-0.2, 0) is 6.42 Å². The van der Waals surface area contributed by atoms with Crippen molar-refractivity contribution in [2.24, 2.45) is 5.92 Å². The zero-order chi connectivity index (χ0) is 19.7. The third-order valence-corrected chi connectivity index (χ3v) is 5.30. The maximum absolute atomic E-state index is 14.1. The number of carbonyl (C=O) groups excluding carboxylic acids is 1. The molecule has 0 spiro atoms. The molecule has 1 aliphatic rings. The molecular weight excluding hydrogens is 361 g/mol. The molecule has 7 heteroatoms. The van der Waals surface area contributed by atoms with E-state index in [2.05, 4.69) is 15.3 Å². The Balaban J connectivity index is 1.60. The zero-order valence-electron chi connectivity index (χ0n) is 15.1. The van der Waals surface area contributed by atoms with Gasteiger partial charge in [0.25, 0.3) is 5.91 Å². The third-order valence-electron chi connectivity index (χ3n) is 5.30.